The van der Waals surface area contributed by atoms with Crippen molar-refractivity contribution in [1.82, 2.24) is 15.1 Å². The summed E-state index contributed by atoms with van der Waals surface area (Å²) in [4.78, 5) is 12.3. The minimum absolute atomic E-state index is 0.168. The molecule has 2 aromatic heterocycles. The molecule has 0 atom stereocenters. The molecule has 0 unspecified atom stereocenters. The first-order valence-electron chi connectivity index (χ1n) is 9.12. The highest BCUT2D eigenvalue weighted by Gasteiger charge is 2.32. The molecule has 5 rings (SSSR count). The zero-order valence-electron chi connectivity index (χ0n) is 14.1. The normalized spacial score (nSPS) is 17.1. The highest BCUT2D eigenvalue weighted by Crippen LogP contribution is 2.44. The molecule has 0 aliphatic heterocycles. The van der Waals surface area contributed by atoms with Gasteiger partial charge in [0.05, 0.1) is 12.2 Å². The van der Waals surface area contributed by atoms with Crippen molar-refractivity contribution in [2.24, 2.45) is 0 Å². The van der Waals surface area contributed by atoms with E-state index in [-0.39, 0.29) is 5.91 Å². The number of furan rings is 1. The number of para-hydroxylation sites is 1. The van der Waals surface area contributed by atoms with Crippen LogP contribution in [0.1, 0.15) is 59.5 Å². The molecule has 2 fully saturated rings. The van der Waals surface area contributed by atoms with E-state index in [4.69, 9.17) is 9.52 Å². The first-order valence-corrected chi connectivity index (χ1v) is 9.12. The fraction of sp³-hybridized carbons (Fsp3) is 0.400. The van der Waals surface area contributed by atoms with Gasteiger partial charge >= 0.3 is 0 Å². The smallest absolute Gasteiger partial charge is 0.287 e. The fourth-order valence-electron chi connectivity index (χ4n) is 3.37. The molecule has 0 saturated heterocycles. The van der Waals surface area contributed by atoms with E-state index in [1.807, 2.05) is 24.3 Å². The van der Waals surface area contributed by atoms with Crippen molar-refractivity contribution in [3.63, 3.8) is 0 Å². The molecule has 2 aliphatic carbocycles. The van der Waals surface area contributed by atoms with Crippen molar-refractivity contribution in [2.75, 3.05) is 6.54 Å². The third-order valence-electron chi connectivity index (χ3n) is 5.08. The number of benzene rings is 1. The Morgan fingerprint density at radius 3 is 2.72 bits per heavy atom. The van der Waals surface area contributed by atoms with Crippen molar-refractivity contribution in [3.8, 4) is 0 Å². The number of nitrogens with one attached hydrogen (secondary N) is 1. The van der Waals surface area contributed by atoms with Crippen molar-refractivity contribution >= 4 is 16.9 Å². The fourth-order valence-corrected chi connectivity index (χ4v) is 3.37. The van der Waals surface area contributed by atoms with E-state index in [0.29, 0.717) is 30.7 Å². The van der Waals surface area contributed by atoms with Crippen LogP contribution in [0, 0.1) is 0 Å². The predicted molar refractivity (Wildman–Crippen MR) is 94.7 cm³/mol. The van der Waals surface area contributed by atoms with E-state index >= 15 is 0 Å². The molecule has 2 heterocycles. The molecule has 5 nitrogen and oxygen atoms in total. The minimum Gasteiger partial charge on any atom is -0.451 e. The van der Waals surface area contributed by atoms with Crippen LogP contribution in [0.2, 0.25) is 0 Å². The first-order chi connectivity index (χ1) is 12.3. The van der Waals surface area contributed by atoms with Gasteiger partial charge in [-0.15, -0.1) is 0 Å². The largest absolute Gasteiger partial charge is 0.451 e. The number of aromatic nitrogens is 2. The lowest BCUT2D eigenvalue weighted by molar-refractivity contribution is 0.0926. The topological polar surface area (TPSA) is 60.1 Å². The van der Waals surface area contributed by atoms with E-state index < -0.39 is 0 Å². The zero-order chi connectivity index (χ0) is 16.8. The second-order valence-electron chi connectivity index (χ2n) is 7.17. The van der Waals surface area contributed by atoms with Crippen molar-refractivity contribution in [2.45, 2.75) is 44.1 Å². The van der Waals surface area contributed by atoms with Crippen LogP contribution in [0.3, 0.4) is 0 Å². The van der Waals surface area contributed by atoms with E-state index in [9.17, 15) is 4.79 Å². The minimum atomic E-state index is -0.168. The average Bonchev–Trinajstić information content (AvgIpc) is 3.56. The number of carbonyl (C=O) groups excluding carboxylic acids is 1. The number of hydrogen-bond acceptors (Lipinski definition) is 3. The van der Waals surface area contributed by atoms with Gasteiger partial charge in [-0.1, -0.05) is 18.2 Å². The van der Waals surface area contributed by atoms with Gasteiger partial charge in [-0.25, -0.2) is 0 Å². The molecule has 1 amide bonds. The van der Waals surface area contributed by atoms with Crippen LogP contribution in [0.25, 0.3) is 11.0 Å². The summed E-state index contributed by atoms with van der Waals surface area (Å²) in [6.07, 6.45) is 5.07. The molecule has 0 radical (unpaired) electrons. The van der Waals surface area contributed by atoms with E-state index in [1.165, 1.54) is 37.1 Å². The van der Waals surface area contributed by atoms with Crippen LogP contribution >= 0.6 is 0 Å². The molecule has 128 valence electrons. The van der Waals surface area contributed by atoms with E-state index in [1.54, 1.807) is 6.07 Å². The zero-order valence-corrected chi connectivity index (χ0v) is 14.1. The van der Waals surface area contributed by atoms with Crippen LogP contribution < -0.4 is 5.32 Å². The lowest BCUT2D eigenvalue weighted by Gasteiger charge is -2.07. The Balaban J connectivity index is 1.25. The second kappa shape index (κ2) is 5.76. The summed E-state index contributed by atoms with van der Waals surface area (Å²) < 4.78 is 7.72. The summed E-state index contributed by atoms with van der Waals surface area (Å²) in [5.41, 5.74) is 3.33. The summed E-state index contributed by atoms with van der Waals surface area (Å²) in [7, 11) is 0. The molecule has 2 aliphatic rings. The SMILES string of the molecule is O=C(NCCn1nc(C2CC2)cc1C1CC1)c1cc2ccccc2o1. The molecule has 25 heavy (non-hydrogen) atoms. The van der Waals surface area contributed by atoms with E-state index in [2.05, 4.69) is 16.1 Å². The lowest BCUT2D eigenvalue weighted by atomic mass is 10.2. The van der Waals surface area contributed by atoms with Crippen LogP contribution in [-0.2, 0) is 6.54 Å². The summed E-state index contributed by atoms with van der Waals surface area (Å²) >= 11 is 0. The number of hydrogen-bond donors (Lipinski definition) is 1. The number of fused-ring (bicyclic) bond motifs is 1. The van der Waals surface area contributed by atoms with E-state index in [0.717, 1.165) is 11.0 Å². The Kier molecular flexibility index (Phi) is 3.40. The molecule has 0 bridgehead atoms. The summed E-state index contributed by atoms with van der Waals surface area (Å²) in [6, 6.07) is 11.7. The maximum Gasteiger partial charge on any atom is 0.287 e. The molecule has 0 spiro atoms. The van der Waals surface area contributed by atoms with Crippen LogP contribution in [0.15, 0.2) is 40.8 Å². The molecule has 5 heteroatoms. The number of carbonyl (C=O) groups is 1. The van der Waals surface area contributed by atoms with Crippen LogP contribution in [-0.4, -0.2) is 22.2 Å². The Labute approximate surface area is 146 Å². The van der Waals surface area contributed by atoms with Gasteiger partial charge in [-0.3, -0.25) is 9.48 Å². The average molecular weight is 335 g/mol. The maximum absolute atomic E-state index is 12.3. The lowest BCUT2D eigenvalue weighted by Crippen LogP contribution is -2.27. The number of nitrogens with zero attached hydrogens (tertiary/aromatic N) is 2. The Hall–Kier alpha value is -2.56. The Morgan fingerprint density at radius 2 is 1.96 bits per heavy atom. The highest BCUT2D eigenvalue weighted by atomic mass is 16.3. The summed E-state index contributed by atoms with van der Waals surface area (Å²) in [5, 5.41) is 8.68. The van der Waals surface area contributed by atoms with Gasteiger partial charge in [0.25, 0.3) is 5.91 Å². The summed E-state index contributed by atoms with van der Waals surface area (Å²) in [5.74, 6) is 1.54. The molecule has 1 aromatic carbocycles. The quantitative estimate of drug-likeness (QED) is 0.745. The molecule has 1 N–H and O–H groups in total. The van der Waals surface area contributed by atoms with Crippen LogP contribution in [0.4, 0.5) is 0 Å². The Bertz CT molecular complexity index is 898. The third-order valence-corrected chi connectivity index (χ3v) is 5.08. The van der Waals surface area contributed by atoms with Gasteiger partial charge in [0.2, 0.25) is 0 Å². The second-order valence-corrected chi connectivity index (χ2v) is 7.17. The monoisotopic (exact) mass is 335 g/mol. The number of amides is 1. The molecule has 3 aromatic rings. The van der Waals surface area contributed by atoms with Gasteiger partial charge in [0, 0.05) is 29.5 Å². The standard InChI is InChI=1S/C20H21N3O2/c24-20(19-11-15-3-1-2-4-18(15)25-19)21-9-10-23-17(14-7-8-14)12-16(22-23)13-5-6-13/h1-4,11-14H,5-10H2,(H,21,24). The Morgan fingerprint density at radius 1 is 1.16 bits per heavy atom. The van der Waals surface area contributed by atoms with Crippen molar-refractivity contribution in [3.05, 3.63) is 53.5 Å². The first kappa shape index (κ1) is 14.8. The molecule has 2 saturated carbocycles. The van der Waals surface area contributed by atoms with Gasteiger partial charge < -0.3 is 9.73 Å². The summed E-state index contributed by atoms with van der Waals surface area (Å²) in [6.45, 7) is 1.27. The predicted octanol–water partition coefficient (Wildman–Crippen LogP) is 3.81. The molecular weight excluding hydrogens is 314 g/mol. The van der Waals surface area contributed by atoms with Gasteiger partial charge in [0.1, 0.15) is 5.58 Å². The van der Waals surface area contributed by atoms with Crippen molar-refractivity contribution < 1.29 is 9.21 Å². The third kappa shape index (κ3) is 2.95. The highest BCUT2D eigenvalue weighted by molar-refractivity contribution is 5.96. The number of rotatable bonds is 6. The maximum atomic E-state index is 12.3. The van der Waals surface area contributed by atoms with Gasteiger partial charge in [-0.05, 0) is 43.9 Å². The van der Waals surface area contributed by atoms with Gasteiger partial charge in [-0.2, -0.15) is 5.10 Å². The van der Waals surface area contributed by atoms with Crippen LogP contribution in [0.5, 0.6) is 0 Å². The van der Waals surface area contributed by atoms with Gasteiger partial charge in [0.15, 0.2) is 5.76 Å². The molecular formula is C20H21N3O2. The van der Waals surface area contributed by atoms with Crippen molar-refractivity contribution in [1.29, 1.82) is 0 Å².